The summed E-state index contributed by atoms with van der Waals surface area (Å²) in [5, 5.41) is 0. The summed E-state index contributed by atoms with van der Waals surface area (Å²) in [4.78, 5) is 3.11. The molecule has 0 aromatic heterocycles. The van der Waals surface area contributed by atoms with Crippen LogP contribution in [-0.4, -0.2) is 23.5 Å². The van der Waals surface area contributed by atoms with Gasteiger partial charge in [0.15, 0.2) is 0 Å². The molecule has 2 saturated carbocycles. The molecule has 1 heteroatoms. The summed E-state index contributed by atoms with van der Waals surface area (Å²) in [5.74, 6) is 4.69. The molecule has 6 rings (SSSR count). The van der Waals surface area contributed by atoms with Gasteiger partial charge >= 0.3 is 0 Å². The Bertz CT molecular complexity index is 1070. The minimum absolute atomic E-state index is 0.622. The summed E-state index contributed by atoms with van der Waals surface area (Å²) in [5.41, 5.74) is 9.22. The fraction of sp³-hybridized carbons (Fsp3) is 0.750. The zero-order chi connectivity index (χ0) is 28.3. The first kappa shape index (κ1) is 29.7. The van der Waals surface area contributed by atoms with E-state index in [4.69, 9.17) is 0 Å². The van der Waals surface area contributed by atoms with E-state index in [0.29, 0.717) is 18.0 Å². The van der Waals surface area contributed by atoms with Crippen LogP contribution in [0.1, 0.15) is 137 Å². The molecule has 8 atom stereocenters. The third kappa shape index (κ3) is 6.18. The van der Waals surface area contributed by atoms with E-state index < -0.39 is 0 Å². The predicted molar refractivity (Wildman–Crippen MR) is 177 cm³/mol. The molecule has 0 aromatic carbocycles. The van der Waals surface area contributed by atoms with Crippen molar-refractivity contribution >= 4 is 0 Å². The Hall–Kier alpha value is -1.34. The Morgan fingerprint density at radius 1 is 0.902 bits per heavy atom. The molecule has 2 fully saturated rings. The highest BCUT2D eigenvalue weighted by molar-refractivity contribution is 5.35. The smallest absolute Gasteiger partial charge is 0.0322 e. The monoisotopic (exact) mass is 555 g/mol. The van der Waals surface area contributed by atoms with Gasteiger partial charge in [-0.2, -0.15) is 0 Å². The van der Waals surface area contributed by atoms with Gasteiger partial charge in [-0.3, -0.25) is 4.90 Å². The van der Waals surface area contributed by atoms with Crippen LogP contribution in [0.15, 0.2) is 58.2 Å². The summed E-state index contributed by atoms with van der Waals surface area (Å²) in [6, 6.07) is 1.25. The number of nitrogens with zero attached hydrogens (tertiary/aromatic N) is 1. The van der Waals surface area contributed by atoms with Crippen LogP contribution in [0.25, 0.3) is 0 Å². The second kappa shape index (κ2) is 13.5. The van der Waals surface area contributed by atoms with Gasteiger partial charge in [0.1, 0.15) is 0 Å². The second-order valence-electron chi connectivity index (χ2n) is 15.0. The molecule has 0 spiro atoms. The summed E-state index contributed by atoms with van der Waals surface area (Å²) in [6.07, 6.45) is 36.7. The van der Waals surface area contributed by atoms with E-state index in [1.807, 2.05) is 22.3 Å². The standard InChI is InChI=1S/C40H61N/c1-5-28(3)25-30(6-2)32-23-24-35-29(4)34-19-12-13-21-37(34)39(38-22-14-16-31-15-10-11-20-36(31)38)27-41(40(35)26-32)33-17-8-7-9-18-33/h8,16-17,24-25,29-30,32-34,36,38,40H,5-7,9-15,18-23,26-27H2,1-4H3/b28-25-,39-37+. The predicted octanol–water partition coefficient (Wildman–Crippen LogP) is 11.1. The number of fused-ring (bicyclic) bond motifs is 3. The maximum absolute atomic E-state index is 3.11. The topological polar surface area (TPSA) is 3.24 Å². The Morgan fingerprint density at radius 2 is 1.73 bits per heavy atom. The van der Waals surface area contributed by atoms with Gasteiger partial charge in [0.25, 0.3) is 0 Å². The van der Waals surface area contributed by atoms with E-state index in [2.05, 4.69) is 63.0 Å². The van der Waals surface area contributed by atoms with Gasteiger partial charge < -0.3 is 0 Å². The molecule has 0 amide bonds. The Kier molecular flexibility index (Phi) is 9.81. The van der Waals surface area contributed by atoms with E-state index in [9.17, 15) is 0 Å². The van der Waals surface area contributed by atoms with Gasteiger partial charge in [0, 0.05) is 18.6 Å². The van der Waals surface area contributed by atoms with Crippen LogP contribution in [0.3, 0.4) is 0 Å². The van der Waals surface area contributed by atoms with Crippen molar-refractivity contribution in [2.75, 3.05) is 6.54 Å². The third-order valence-electron chi connectivity index (χ3n) is 12.8. The first-order valence-electron chi connectivity index (χ1n) is 18.3. The quantitative estimate of drug-likeness (QED) is 0.295. The highest BCUT2D eigenvalue weighted by atomic mass is 15.2. The first-order chi connectivity index (χ1) is 20.1. The highest BCUT2D eigenvalue weighted by Gasteiger charge is 2.44. The van der Waals surface area contributed by atoms with E-state index in [0.717, 1.165) is 29.6 Å². The normalized spacial score (nSPS) is 39.4. The molecule has 1 heterocycles. The van der Waals surface area contributed by atoms with Crippen LogP contribution in [0.2, 0.25) is 0 Å². The third-order valence-corrected chi connectivity index (χ3v) is 12.8. The zero-order valence-corrected chi connectivity index (χ0v) is 27.2. The van der Waals surface area contributed by atoms with Gasteiger partial charge in [0.05, 0.1) is 0 Å². The molecule has 0 saturated heterocycles. The molecule has 1 aliphatic heterocycles. The van der Waals surface area contributed by atoms with E-state index in [1.54, 1.807) is 5.57 Å². The number of hydrogen-bond acceptors (Lipinski definition) is 1. The molecule has 5 aliphatic carbocycles. The Morgan fingerprint density at radius 3 is 2.51 bits per heavy atom. The van der Waals surface area contributed by atoms with Crippen molar-refractivity contribution in [3.8, 4) is 0 Å². The van der Waals surface area contributed by atoms with Crippen molar-refractivity contribution in [1.82, 2.24) is 4.90 Å². The molecule has 8 unspecified atom stereocenters. The van der Waals surface area contributed by atoms with Crippen LogP contribution >= 0.6 is 0 Å². The lowest BCUT2D eigenvalue weighted by Gasteiger charge is -2.51. The molecular formula is C40H61N. The summed E-state index contributed by atoms with van der Waals surface area (Å²) >= 11 is 0. The lowest BCUT2D eigenvalue weighted by Crippen LogP contribution is -2.51. The molecular weight excluding hydrogens is 494 g/mol. The lowest BCUT2D eigenvalue weighted by molar-refractivity contribution is 0.117. The molecule has 0 bridgehead atoms. The van der Waals surface area contributed by atoms with Crippen LogP contribution in [-0.2, 0) is 0 Å². The second-order valence-corrected chi connectivity index (χ2v) is 15.0. The average Bonchev–Trinajstić information content (AvgIpc) is 3.03. The maximum atomic E-state index is 3.11. The number of allylic oxidation sites excluding steroid dienone is 7. The van der Waals surface area contributed by atoms with Crippen LogP contribution in [0.5, 0.6) is 0 Å². The van der Waals surface area contributed by atoms with E-state index in [-0.39, 0.29) is 0 Å². The van der Waals surface area contributed by atoms with Gasteiger partial charge in [-0.1, -0.05) is 91.9 Å². The zero-order valence-electron chi connectivity index (χ0n) is 27.2. The molecule has 0 aromatic rings. The van der Waals surface area contributed by atoms with Crippen molar-refractivity contribution in [2.45, 2.75) is 149 Å². The fourth-order valence-corrected chi connectivity index (χ4v) is 10.4. The van der Waals surface area contributed by atoms with Gasteiger partial charge in [0.2, 0.25) is 0 Å². The van der Waals surface area contributed by atoms with Gasteiger partial charge in [-0.05, 0) is 139 Å². The summed E-state index contributed by atoms with van der Waals surface area (Å²) in [7, 11) is 0. The molecule has 41 heavy (non-hydrogen) atoms. The van der Waals surface area contributed by atoms with E-state index >= 15 is 0 Å². The average molecular weight is 556 g/mol. The molecule has 1 nitrogen and oxygen atoms in total. The van der Waals surface area contributed by atoms with Crippen molar-refractivity contribution in [3.63, 3.8) is 0 Å². The van der Waals surface area contributed by atoms with Crippen LogP contribution < -0.4 is 0 Å². The van der Waals surface area contributed by atoms with Crippen LogP contribution in [0, 0.1) is 35.5 Å². The first-order valence-corrected chi connectivity index (χ1v) is 18.3. The molecule has 0 N–H and O–H groups in total. The minimum Gasteiger partial charge on any atom is -0.286 e. The SMILES string of the molecule is CC/C(C)=C\C(CC)C1CC=C2C(C)C3CCCC/C3=C(\C3CCC=C4CCCCC43)CN(C3C=CCCC3)C2C1. The Balaban J connectivity index is 1.42. The van der Waals surface area contributed by atoms with Crippen molar-refractivity contribution < 1.29 is 0 Å². The van der Waals surface area contributed by atoms with Crippen molar-refractivity contribution in [3.05, 3.63) is 58.2 Å². The fourth-order valence-electron chi connectivity index (χ4n) is 10.4. The Labute approximate surface area is 253 Å². The van der Waals surface area contributed by atoms with Gasteiger partial charge in [-0.25, -0.2) is 0 Å². The number of hydrogen-bond donors (Lipinski definition) is 0. The van der Waals surface area contributed by atoms with Crippen LogP contribution in [0.4, 0.5) is 0 Å². The van der Waals surface area contributed by atoms with Crippen molar-refractivity contribution in [2.24, 2.45) is 35.5 Å². The molecule has 226 valence electrons. The number of rotatable bonds is 6. The summed E-state index contributed by atoms with van der Waals surface area (Å²) < 4.78 is 0. The highest BCUT2D eigenvalue weighted by Crippen LogP contribution is 2.52. The minimum atomic E-state index is 0.622. The molecule has 6 aliphatic rings. The van der Waals surface area contributed by atoms with Gasteiger partial charge in [-0.15, -0.1) is 0 Å². The molecule has 0 radical (unpaired) electrons. The largest absolute Gasteiger partial charge is 0.286 e. The van der Waals surface area contributed by atoms with Crippen molar-refractivity contribution in [1.29, 1.82) is 0 Å². The lowest BCUT2D eigenvalue weighted by atomic mass is 9.62. The summed E-state index contributed by atoms with van der Waals surface area (Å²) in [6.45, 7) is 11.1. The maximum Gasteiger partial charge on any atom is 0.0322 e. The van der Waals surface area contributed by atoms with E-state index in [1.165, 1.54) is 116 Å².